The molecule has 0 fully saturated rings. The van der Waals surface area contributed by atoms with Crippen LogP contribution in [0.5, 0.6) is 11.5 Å². The van der Waals surface area contributed by atoms with E-state index in [1.807, 2.05) is 30.3 Å². The molecule has 0 aliphatic carbocycles. The minimum atomic E-state index is -0.189. The second-order valence-electron chi connectivity index (χ2n) is 10.5. The van der Waals surface area contributed by atoms with Gasteiger partial charge in [-0.3, -0.25) is 4.79 Å². The van der Waals surface area contributed by atoms with Crippen molar-refractivity contribution in [3.63, 3.8) is 0 Å². The maximum absolute atomic E-state index is 13.2. The van der Waals surface area contributed by atoms with Gasteiger partial charge in [0, 0.05) is 11.1 Å². The summed E-state index contributed by atoms with van der Waals surface area (Å²) in [4.78, 5) is 13.2. The summed E-state index contributed by atoms with van der Waals surface area (Å²) in [6.45, 7) is 15.0. The third-order valence-corrected chi connectivity index (χ3v) is 5.72. The summed E-state index contributed by atoms with van der Waals surface area (Å²) >= 11 is 0. The van der Waals surface area contributed by atoms with Crippen molar-refractivity contribution in [1.82, 2.24) is 0 Å². The van der Waals surface area contributed by atoms with E-state index in [9.17, 15) is 4.79 Å². The summed E-state index contributed by atoms with van der Waals surface area (Å²) in [6.07, 6.45) is 3.56. The third kappa shape index (κ3) is 6.85. The van der Waals surface area contributed by atoms with Gasteiger partial charge < -0.3 is 9.47 Å². The molecule has 0 N–H and O–H groups in total. The van der Waals surface area contributed by atoms with E-state index < -0.39 is 0 Å². The molecule has 2 aromatic rings. The zero-order valence-electron chi connectivity index (χ0n) is 20.7. The van der Waals surface area contributed by atoms with Gasteiger partial charge in [-0.2, -0.15) is 0 Å². The number of rotatable bonds is 8. The molecule has 2 rings (SSSR count). The van der Waals surface area contributed by atoms with Gasteiger partial charge in [-0.1, -0.05) is 91.6 Å². The highest BCUT2D eigenvalue weighted by molar-refractivity contribution is 5.75. The highest BCUT2D eigenvalue weighted by Crippen LogP contribution is 2.43. The summed E-state index contributed by atoms with van der Waals surface area (Å²) in [6, 6.07) is 14.3. The summed E-state index contributed by atoms with van der Waals surface area (Å²) in [5.74, 6) is 1.47. The molecule has 0 saturated heterocycles. The predicted molar refractivity (Wildman–Crippen MR) is 129 cm³/mol. The Morgan fingerprint density at radius 3 is 1.94 bits per heavy atom. The van der Waals surface area contributed by atoms with E-state index in [2.05, 4.69) is 60.6 Å². The molecule has 0 radical (unpaired) electrons. The average molecular weight is 425 g/mol. The Kier molecular flexibility index (Phi) is 8.34. The molecule has 1 atom stereocenters. The number of carbonyl (C=O) groups is 1. The van der Waals surface area contributed by atoms with Crippen LogP contribution in [0.15, 0.2) is 42.5 Å². The van der Waals surface area contributed by atoms with Gasteiger partial charge >= 0.3 is 5.97 Å². The van der Waals surface area contributed by atoms with Crippen LogP contribution in [0, 0.1) is 0 Å². The first kappa shape index (κ1) is 25.0. The molecule has 0 saturated carbocycles. The Bertz CT molecular complexity index is 819. The van der Waals surface area contributed by atoms with Crippen LogP contribution in [0.1, 0.15) is 96.8 Å². The summed E-state index contributed by atoms with van der Waals surface area (Å²) in [7, 11) is 1.68. The van der Waals surface area contributed by atoms with Crippen molar-refractivity contribution in [2.24, 2.45) is 0 Å². The van der Waals surface area contributed by atoms with E-state index in [1.54, 1.807) is 7.11 Å². The van der Waals surface area contributed by atoms with Crippen molar-refractivity contribution in [3.8, 4) is 11.5 Å². The number of esters is 1. The summed E-state index contributed by atoms with van der Waals surface area (Å²) in [5.41, 5.74) is 2.82. The molecule has 31 heavy (non-hydrogen) atoms. The van der Waals surface area contributed by atoms with Crippen LogP contribution in [0.25, 0.3) is 0 Å². The Morgan fingerprint density at radius 2 is 1.48 bits per heavy atom. The lowest BCUT2D eigenvalue weighted by Crippen LogP contribution is -2.23. The molecule has 0 bridgehead atoms. The zero-order valence-corrected chi connectivity index (χ0v) is 20.7. The van der Waals surface area contributed by atoms with Crippen molar-refractivity contribution < 1.29 is 14.3 Å². The van der Waals surface area contributed by atoms with E-state index >= 15 is 0 Å². The number of benzene rings is 2. The Morgan fingerprint density at radius 1 is 0.935 bits per heavy atom. The van der Waals surface area contributed by atoms with Crippen molar-refractivity contribution in [3.05, 3.63) is 59.2 Å². The van der Waals surface area contributed by atoms with Gasteiger partial charge in [0.05, 0.1) is 13.5 Å². The van der Waals surface area contributed by atoms with Crippen LogP contribution in [-0.2, 0) is 15.6 Å². The molecule has 2 aromatic carbocycles. The molecule has 0 aromatic heterocycles. The van der Waals surface area contributed by atoms with Gasteiger partial charge in [0.2, 0.25) is 0 Å². The fourth-order valence-corrected chi connectivity index (χ4v) is 3.86. The average Bonchev–Trinajstić information content (AvgIpc) is 2.70. The molecule has 3 nitrogen and oxygen atoms in total. The highest BCUT2D eigenvalue weighted by Gasteiger charge is 2.30. The smallest absolute Gasteiger partial charge is 0.311 e. The molecular formula is C28H40O3. The highest BCUT2D eigenvalue weighted by atomic mass is 16.5. The standard InChI is InChI=1S/C28H40O3/c1-9-10-14-21(20-15-12-11-13-16-20)17-25(29)31-26-23(27(2,3)4)18-22(30-8)19-24(26)28(5,6)7/h11-13,15-16,18-19,21H,9-10,14,17H2,1-8H3/t21-/m0/s1. The third-order valence-electron chi connectivity index (χ3n) is 5.72. The van der Waals surface area contributed by atoms with E-state index in [4.69, 9.17) is 9.47 Å². The van der Waals surface area contributed by atoms with E-state index in [1.165, 1.54) is 5.56 Å². The normalized spacial score (nSPS) is 13.0. The second kappa shape index (κ2) is 10.3. The topological polar surface area (TPSA) is 35.5 Å². The fourth-order valence-electron chi connectivity index (χ4n) is 3.86. The van der Waals surface area contributed by atoms with Crippen molar-refractivity contribution in [2.45, 2.75) is 90.9 Å². The molecule has 0 aliphatic rings. The minimum Gasteiger partial charge on any atom is -0.497 e. The van der Waals surface area contributed by atoms with Crippen LogP contribution < -0.4 is 9.47 Å². The van der Waals surface area contributed by atoms with Gasteiger partial charge in [-0.25, -0.2) is 0 Å². The van der Waals surface area contributed by atoms with Crippen molar-refractivity contribution in [1.29, 1.82) is 0 Å². The van der Waals surface area contributed by atoms with Gasteiger partial charge in [-0.05, 0) is 40.9 Å². The Balaban J connectivity index is 2.42. The number of hydrogen-bond acceptors (Lipinski definition) is 3. The van der Waals surface area contributed by atoms with Crippen molar-refractivity contribution >= 4 is 5.97 Å². The lowest BCUT2D eigenvalue weighted by Gasteiger charge is -2.30. The zero-order chi connectivity index (χ0) is 23.2. The Hall–Kier alpha value is -2.29. The molecule has 0 amide bonds. The monoisotopic (exact) mass is 424 g/mol. The van der Waals surface area contributed by atoms with Crippen LogP contribution in [0.3, 0.4) is 0 Å². The van der Waals surface area contributed by atoms with Crippen LogP contribution in [0.2, 0.25) is 0 Å². The molecule has 3 heteroatoms. The molecule has 0 unspecified atom stereocenters. The molecule has 0 aliphatic heterocycles. The lowest BCUT2D eigenvalue weighted by atomic mass is 9.79. The first-order valence-electron chi connectivity index (χ1n) is 11.5. The van der Waals surface area contributed by atoms with Crippen LogP contribution >= 0.6 is 0 Å². The molecule has 0 spiro atoms. The van der Waals surface area contributed by atoms with Crippen molar-refractivity contribution in [2.75, 3.05) is 7.11 Å². The lowest BCUT2D eigenvalue weighted by molar-refractivity contribution is -0.135. The molecule has 170 valence electrons. The number of carbonyl (C=O) groups excluding carboxylic acids is 1. The summed E-state index contributed by atoms with van der Waals surface area (Å²) in [5, 5.41) is 0. The van der Waals surface area contributed by atoms with E-state index in [-0.39, 0.29) is 22.7 Å². The quantitative estimate of drug-likeness (QED) is 0.324. The SMILES string of the molecule is CCCC[C@@H](CC(=O)Oc1c(C(C)(C)C)cc(OC)cc1C(C)(C)C)c1ccccc1. The Labute approximate surface area is 189 Å². The fraction of sp³-hybridized carbons (Fsp3) is 0.536. The van der Waals surface area contributed by atoms with Gasteiger partial charge in [-0.15, -0.1) is 0 Å². The first-order valence-corrected chi connectivity index (χ1v) is 11.5. The van der Waals surface area contributed by atoms with E-state index in [0.717, 1.165) is 36.1 Å². The maximum atomic E-state index is 13.2. The first-order chi connectivity index (χ1) is 14.5. The second-order valence-corrected chi connectivity index (χ2v) is 10.5. The van der Waals surface area contributed by atoms with Crippen LogP contribution in [-0.4, -0.2) is 13.1 Å². The van der Waals surface area contributed by atoms with Gasteiger partial charge in [0.15, 0.2) is 0 Å². The number of unbranched alkanes of at least 4 members (excludes halogenated alkanes) is 1. The van der Waals surface area contributed by atoms with Gasteiger partial charge in [0.1, 0.15) is 11.5 Å². The van der Waals surface area contributed by atoms with Gasteiger partial charge in [0.25, 0.3) is 0 Å². The van der Waals surface area contributed by atoms with E-state index in [0.29, 0.717) is 12.2 Å². The molecule has 0 heterocycles. The predicted octanol–water partition coefficient (Wildman–Crippen LogP) is 7.56. The molecular weight excluding hydrogens is 384 g/mol. The summed E-state index contributed by atoms with van der Waals surface area (Å²) < 4.78 is 11.7. The maximum Gasteiger partial charge on any atom is 0.311 e. The number of ether oxygens (including phenoxy) is 2. The largest absolute Gasteiger partial charge is 0.497 e. The number of hydrogen-bond donors (Lipinski definition) is 0. The van der Waals surface area contributed by atoms with Crippen LogP contribution in [0.4, 0.5) is 0 Å². The minimum absolute atomic E-state index is 0.170. The number of methoxy groups -OCH3 is 1.